The Labute approximate surface area is 99.1 Å². The van der Waals surface area contributed by atoms with Gasteiger partial charge >= 0.3 is 0 Å². The van der Waals surface area contributed by atoms with Gasteiger partial charge in [-0.2, -0.15) is 0 Å². The molecule has 0 nitrogen and oxygen atoms in total. The van der Waals surface area contributed by atoms with Gasteiger partial charge in [0.1, 0.15) is 0 Å². The van der Waals surface area contributed by atoms with Crippen LogP contribution in [0.3, 0.4) is 0 Å². The largest absolute Gasteiger partial charge is 0.133 e. The van der Waals surface area contributed by atoms with Gasteiger partial charge in [-0.3, -0.25) is 0 Å². The summed E-state index contributed by atoms with van der Waals surface area (Å²) in [6.07, 6.45) is 0. The predicted molar refractivity (Wildman–Crippen MR) is 68.5 cm³/mol. The zero-order valence-corrected chi connectivity index (χ0v) is 11.9. The van der Waals surface area contributed by atoms with Gasteiger partial charge in [0, 0.05) is 8.45 Å². The van der Waals surface area contributed by atoms with Crippen molar-refractivity contribution in [2.75, 3.05) is 0 Å². The van der Waals surface area contributed by atoms with E-state index in [1.54, 1.807) is 0 Å². The third-order valence-corrected chi connectivity index (χ3v) is 4.88. The summed E-state index contributed by atoms with van der Waals surface area (Å²) in [5.74, 6) is 0. The van der Waals surface area contributed by atoms with Crippen LogP contribution in [0.15, 0.2) is 6.07 Å². The van der Waals surface area contributed by atoms with Gasteiger partial charge in [0.25, 0.3) is 0 Å². The quantitative estimate of drug-likeness (QED) is 0.580. The maximum Gasteiger partial charge on any atom is 0.0667 e. The van der Waals surface area contributed by atoms with Crippen molar-refractivity contribution in [2.45, 2.75) is 26.2 Å². The Kier molecular flexibility index (Phi) is 3.25. The van der Waals surface area contributed by atoms with E-state index in [0.717, 1.165) is 0 Å². The van der Waals surface area contributed by atoms with Crippen LogP contribution < -0.4 is 0 Å². The molecule has 0 fully saturated rings. The Balaban J connectivity index is 3.13. The molecule has 1 aromatic heterocycles. The first-order chi connectivity index (χ1) is 4.91. The van der Waals surface area contributed by atoms with E-state index in [4.69, 9.17) is 0 Å². The molecule has 1 rings (SSSR count). The highest BCUT2D eigenvalue weighted by Gasteiger charge is 2.19. The molecule has 0 bridgehead atoms. The van der Waals surface area contributed by atoms with Crippen molar-refractivity contribution in [3.05, 3.63) is 17.4 Å². The molecule has 0 saturated carbocycles. The second-order valence-corrected chi connectivity index (χ2v) is 7.59. The first-order valence-corrected chi connectivity index (χ1v) is 6.34. The van der Waals surface area contributed by atoms with Gasteiger partial charge in [0.05, 0.1) is 2.88 Å². The van der Waals surface area contributed by atoms with Crippen molar-refractivity contribution >= 4 is 56.5 Å². The number of hydrogen-bond donors (Lipinski definition) is 0. The highest BCUT2D eigenvalue weighted by atomic mass is 127. The number of halogens is 2. The predicted octanol–water partition coefficient (Wildman–Crippen LogP) is 4.25. The lowest BCUT2D eigenvalue weighted by atomic mass is 9.95. The van der Waals surface area contributed by atoms with Crippen molar-refractivity contribution < 1.29 is 0 Å². The van der Waals surface area contributed by atoms with Gasteiger partial charge in [0.15, 0.2) is 0 Å². The molecule has 62 valence electrons. The monoisotopic (exact) mass is 392 g/mol. The minimum atomic E-state index is 0.310. The second-order valence-electron chi connectivity index (χ2n) is 3.48. The lowest BCUT2D eigenvalue weighted by Gasteiger charge is -2.16. The summed E-state index contributed by atoms with van der Waals surface area (Å²) in [5, 5.41) is 0. The molecule has 0 spiro atoms. The third kappa shape index (κ3) is 2.55. The van der Waals surface area contributed by atoms with Gasteiger partial charge in [-0.15, -0.1) is 11.3 Å². The number of thiophene rings is 1. The van der Waals surface area contributed by atoms with Crippen molar-refractivity contribution in [2.24, 2.45) is 0 Å². The van der Waals surface area contributed by atoms with Crippen LogP contribution in [0.25, 0.3) is 0 Å². The SMILES string of the molecule is CC(C)(C)c1sc(I)cc1I. The molecule has 0 radical (unpaired) electrons. The van der Waals surface area contributed by atoms with E-state index in [9.17, 15) is 0 Å². The van der Waals surface area contributed by atoms with Crippen LogP contribution in [0.4, 0.5) is 0 Å². The zero-order chi connectivity index (χ0) is 8.65. The molecule has 0 saturated heterocycles. The van der Waals surface area contributed by atoms with E-state index in [1.807, 2.05) is 11.3 Å². The van der Waals surface area contributed by atoms with Gasteiger partial charge in [-0.25, -0.2) is 0 Å². The highest BCUT2D eigenvalue weighted by molar-refractivity contribution is 14.1. The lowest BCUT2D eigenvalue weighted by molar-refractivity contribution is 0.601. The molecule has 1 aromatic rings. The fourth-order valence-electron chi connectivity index (χ4n) is 0.852. The molecule has 0 aliphatic rings. The Morgan fingerprint density at radius 2 is 1.82 bits per heavy atom. The summed E-state index contributed by atoms with van der Waals surface area (Å²) in [4.78, 5) is 1.50. The van der Waals surface area contributed by atoms with E-state index in [1.165, 1.54) is 11.3 Å². The van der Waals surface area contributed by atoms with Gasteiger partial charge < -0.3 is 0 Å². The molecule has 11 heavy (non-hydrogen) atoms. The summed E-state index contributed by atoms with van der Waals surface area (Å²) >= 11 is 6.69. The molecular weight excluding hydrogens is 382 g/mol. The highest BCUT2D eigenvalue weighted by Crippen LogP contribution is 2.34. The van der Waals surface area contributed by atoms with Crippen molar-refractivity contribution in [3.8, 4) is 0 Å². The summed E-state index contributed by atoms with van der Waals surface area (Å²) in [5.41, 5.74) is 0.310. The molecule has 0 amide bonds. The van der Waals surface area contributed by atoms with E-state index < -0.39 is 0 Å². The molecule has 0 aliphatic heterocycles. The Bertz CT molecular complexity index is 258. The normalized spacial score (nSPS) is 12.1. The Morgan fingerprint density at radius 1 is 1.27 bits per heavy atom. The summed E-state index contributed by atoms with van der Waals surface area (Å²) in [6, 6.07) is 2.24. The number of hydrogen-bond acceptors (Lipinski definition) is 1. The van der Waals surface area contributed by atoms with Gasteiger partial charge in [-0.05, 0) is 56.7 Å². The standard InChI is InChI=1S/C8H10I2S/c1-8(2,3)7-5(9)4-6(10)11-7/h4H,1-3H3. The fourth-order valence-corrected chi connectivity index (χ4v) is 4.92. The van der Waals surface area contributed by atoms with Crippen LogP contribution in [0, 0.1) is 6.45 Å². The van der Waals surface area contributed by atoms with Crippen LogP contribution >= 0.6 is 56.5 Å². The minimum absolute atomic E-state index is 0.310. The first-order valence-electron chi connectivity index (χ1n) is 3.36. The zero-order valence-electron chi connectivity index (χ0n) is 6.74. The van der Waals surface area contributed by atoms with Crippen LogP contribution in [0.5, 0.6) is 0 Å². The summed E-state index contributed by atoms with van der Waals surface area (Å²) < 4.78 is 2.79. The smallest absolute Gasteiger partial charge is 0.0667 e. The van der Waals surface area contributed by atoms with Gasteiger partial charge in [-0.1, -0.05) is 20.8 Å². The third-order valence-electron chi connectivity index (χ3n) is 1.34. The van der Waals surface area contributed by atoms with Crippen LogP contribution in [-0.2, 0) is 5.41 Å². The van der Waals surface area contributed by atoms with Crippen LogP contribution in [0.2, 0.25) is 0 Å². The average Bonchev–Trinajstić information content (AvgIpc) is 2.08. The molecule has 3 heteroatoms. The van der Waals surface area contributed by atoms with E-state index in [0.29, 0.717) is 5.41 Å². The van der Waals surface area contributed by atoms with Crippen molar-refractivity contribution in [3.63, 3.8) is 0 Å². The van der Waals surface area contributed by atoms with Gasteiger partial charge in [0.2, 0.25) is 0 Å². The lowest BCUT2D eigenvalue weighted by Crippen LogP contribution is -2.09. The molecule has 0 unspecified atom stereocenters. The molecule has 0 aliphatic carbocycles. The van der Waals surface area contributed by atoms with Crippen LogP contribution in [-0.4, -0.2) is 0 Å². The minimum Gasteiger partial charge on any atom is -0.133 e. The number of rotatable bonds is 0. The summed E-state index contributed by atoms with van der Waals surface area (Å²) in [6.45, 7) is 6.78. The summed E-state index contributed by atoms with van der Waals surface area (Å²) in [7, 11) is 0. The first kappa shape index (κ1) is 10.2. The van der Waals surface area contributed by atoms with Crippen molar-refractivity contribution in [1.29, 1.82) is 0 Å². The molecule has 0 N–H and O–H groups in total. The maximum absolute atomic E-state index is 2.41. The topological polar surface area (TPSA) is 0 Å². The molecular formula is C8H10I2S. The second kappa shape index (κ2) is 3.49. The average molecular weight is 392 g/mol. The maximum atomic E-state index is 2.41. The Morgan fingerprint density at radius 3 is 2.00 bits per heavy atom. The Hall–Kier alpha value is 1.16. The molecule has 1 heterocycles. The molecule has 0 aromatic carbocycles. The molecule has 0 atom stereocenters. The van der Waals surface area contributed by atoms with E-state index in [-0.39, 0.29) is 0 Å². The van der Waals surface area contributed by atoms with E-state index in [2.05, 4.69) is 72.0 Å². The fraction of sp³-hybridized carbons (Fsp3) is 0.500. The van der Waals surface area contributed by atoms with E-state index >= 15 is 0 Å². The van der Waals surface area contributed by atoms with Crippen LogP contribution in [0.1, 0.15) is 25.6 Å². The van der Waals surface area contributed by atoms with Crippen molar-refractivity contribution in [1.82, 2.24) is 0 Å².